The largest absolute Gasteiger partial charge is 0.388 e. The SMILES string of the molecule is Cc1nn(C)c2nc(N[C@@H]3COC[C@H]3O)sc12. The molecule has 1 fully saturated rings. The van der Waals surface area contributed by atoms with Gasteiger partial charge in [-0.1, -0.05) is 11.3 Å². The lowest BCUT2D eigenvalue weighted by Crippen LogP contribution is -2.31. The number of aryl methyl sites for hydroxylation is 2. The molecule has 17 heavy (non-hydrogen) atoms. The van der Waals surface area contributed by atoms with Gasteiger partial charge in [0.15, 0.2) is 10.8 Å². The highest BCUT2D eigenvalue weighted by atomic mass is 32.1. The van der Waals surface area contributed by atoms with Gasteiger partial charge >= 0.3 is 0 Å². The van der Waals surface area contributed by atoms with Crippen LogP contribution in [0.2, 0.25) is 0 Å². The van der Waals surface area contributed by atoms with Gasteiger partial charge in [0.1, 0.15) is 0 Å². The Morgan fingerprint density at radius 3 is 3.00 bits per heavy atom. The number of fused-ring (bicyclic) bond motifs is 1. The van der Waals surface area contributed by atoms with Gasteiger partial charge in [0, 0.05) is 7.05 Å². The molecule has 0 unspecified atom stereocenters. The molecule has 1 aliphatic rings. The fourth-order valence-electron chi connectivity index (χ4n) is 1.99. The van der Waals surface area contributed by atoms with E-state index in [-0.39, 0.29) is 6.04 Å². The van der Waals surface area contributed by atoms with E-state index in [9.17, 15) is 5.11 Å². The third-order valence-electron chi connectivity index (χ3n) is 2.90. The summed E-state index contributed by atoms with van der Waals surface area (Å²) in [5.41, 5.74) is 1.86. The van der Waals surface area contributed by atoms with Gasteiger partial charge in [-0.2, -0.15) is 5.10 Å². The van der Waals surface area contributed by atoms with Gasteiger partial charge in [0.25, 0.3) is 0 Å². The van der Waals surface area contributed by atoms with Gasteiger partial charge in [-0.25, -0.2) is 9.67 Å². The second-order valence-corrected chi connectivity index (χ2v) is 5.24. The van der Waals surface area contributed by atoms with E-state index in [1.54, 1.807) is 16.0 Å². The number of thiazole rings is 1. The third kappa shape index (κ3) is 1.80. The van der Waals surface area contributed by atoms with Crippen LogP contribution < -0.4 is 5.32 Å². The summed E-state index contributed by atoms with van der Waals surface area (Å²) >= 11 is 1.56. The minimum atomic E-state index is -0.457. The third-order valence-corrected chi connectivity index (χ3v) is 3.99. The number of aliphatic hydroxyl groups is 1. The van der Waals surface area contributed by atoms with E-state index in [1.165, 1.54) is 0 Å². The zero-order chi connectivity index (χ0) is 12.0. The molecule has 3 rings (SSSR count). The first-order valence-corrected chi connectivity index (χ1v) is 6.29. The minimum absolute atomic E-state index is 0.0659. The van der Waals surface area contributed by atoms with Crippen LogP contribution in [0.25, 0.3) is 10.3 Å². The highest BCUT2D eigenvalue weighted by molar-refractivity contribution is 7.22. The number of hydrogen-bond acceptors (Lipinski definition) is 6. The molecular weight excluding hydrogens is 240 g/mol. The number of aromatic nitrogens is 3. The summed E-state index contributed by atoms with van der Waals surface area (Å²) in [6.07, 6.45) is -0.457. The molecule has 0 aromatic carbocycles. The van der Waals surface area contributed by atoms with Gasteiger partial charge in [0.05, 0.1) is 35.8 Å². The van der Waals surface area contributed by atoms with Crippen molar-refractivity contribution in [2.24, 2.45) is 7.05 Å². The summed E-state index contributed by atoms with van der Waals surface area (Å²) < 4.78 is 8.05. The predicted molar refractivity (Wildman–Crippen MR) is 65.4 cm³/mol. The smallest absolute Gasteiger partial charge is 0.185 e. The number of anilines is 1. The molecule has 0 amide bonds. The van der Waals surface area contributed by atoms with E-state index in [1.807, 2.05) is 14.0 Å². The van der Waals surface area contributed by atoms with Crippen molar-refractivity contribution < 1.29 is 9.84 Å². The molecule has 0 saturated carbocycles. The molecule has 0 radical (unpaired) electrons. The van der Waals surface area contributed by atoms with Gasteiger partial charge in [-0.05, 0) is 6.92 Å². The molecule has 2 atom stereocenters. The molecule has 7 heteroatoms. The number of aliphatic hydroxyl groups excluding tert-OH is 1. The predicted octanol–water partition coefficient (Wildman–Crippen LogP) is 0.510. The summed E-state index contributed by atoms with van der Waals surface area (Å²) in [5.74, 6) is 0. The van der Waals surface area contributed by atoms with Crippen molar-refractivity contribution in [1.29, 1.82) is 0 Å². The van der Waals surface area contributed by atoms with Gasteiger partial charge in [0.2, 0.25) is 0 Å². The lowest BCUT2D eigenvalue weighted by molar-refractivity contribution is 0.125. The quantitative estimate of drug-likeness (QED) is 0.817. The Morgan fingerprint density at radius 2 is 2.35 bits per heavy atom. The zero-order valence-electron chi connectivity index (χ0n) is 9.67. The molecule has 2 N–H and O–H groups in total. The molecule has 0 aliphatic carbocycles. The zero-order valence-corrected chi connectivity index (χ0v) is 10.5. The van der Waals surface area contributed by atoms with Gasteiger partial charge in [-0.3, -0.25) is 0 Å². The fraction of sp³-hybridized carbons (Fsp3) is 0.600. The van der Waals surface area contributed by atoms with Crippen LogP contribution in [0.1, 0.15) is 5.69 Å². The van der Waals surface area contributed by atoms with E-state index in [0.29, 0.717) is 13.2 Å². The van der Waals surface area contributed by atoms with Crippen molar-refractivity contribution in [3.05, 3.63) is 5.69 Å². The van der Waals surface area contributed by atoms with E-state index in [0.717, 1.165) is 21.2 Å². The summed E-state index contributed by atoms with van der Waals surface area (Å²) in [4.78, 5) is 4.47. The Hall–Kier alpha value is -1.18. The van der Waals surface area contributed by atoms with Crippen molar-refractivity contribution in [1.82, 2.24) is 14.8 Å². The standard InChI is InChI=1S/C10H14N4O2S/c1-5-8-9(14(2)13-5)12-10(17-8)11-6-3-16-4-7(6)15/h6-7,15H,3-4H2,1-2H3,(H,11,12)/t6-,7-/m1/s1. The van der Waals surface area contributed by atoms with Crippen LogP contribution >= 0.6 is 11.3 Å². The van der Waals surface area contributed by atoms with Crippen molar-refractivity contribution >= 4 is 26.8 Å². The first kappa shape index (κ1) is 10.9. The number of nitrogens with one attached hydrogen (secondary N) is 1. The number of hydrogen-bond donors (Lipinski definition) is 2. The molecule has 6 nitrogen and oxygen atoms in total. The lowest BCUT2D eigenvalue weighted by atomic mass is 10.2. The van der Waals surface area contributed by atoms with Crippen molar-refractivity contribution in [2.45, 2.75) is 19.1 Å². The van der Waals surface area contributed by atoms with Gasteiger partial charge < -0.3 is 15.2 Å². The van der Waals surface area contributed by atoms with E-state index in [2.05, 4.69) is 15.4 Å². The topological polar surface area (TPSA) is 72.2 Å². The average Bonchev–Trinajstić information content (AvgIpc) is 2.91. The molecule has 0 spiro atoms. The average molecular weight is 254 g/mol. The van der Waals surface area contributed by atoms with Crippen LogP contribution in [0, 0.1) is 6.92 Å². The van der Waals surface area contributed by atoms with Gasteiger partial charge in [-0.15, -0.1) is 0 Å². The van der Waals surface area contributed by atoms with E-state index in [4.69, 9.17) is 4.74 Å². The molecule has 1 aliphatic heterocycles. The highest BCUT2D eigenvalue weighted by Gasteiger charge is 2.27. The highest BCUT2D eigenvalue weighted by Crippen LogP contribution is 2.29. The maximum absolute atomic E-state index is 9.66. The van der Waals surface area contributed by atoms with Crippen LogP contribution in [0.3, 0.4) is 0 Å². The van der Waals surface area contributed by atoms with E-state index < -0.39 is 6.10 Å². The summed E-state index contributed by atoms with van der Waals surface area (Å²) in [6, 6.07) is -0.0659. The number of nitrogens with zero attached hydrogens (tertiary/aromatic N) is 3. The minimum Gasteiger partial charge on any atom is -0.388 e. The first-order chi connectivity index (χ1) is 8.15. The normalized spacial score (nSPS) is 24.6. The van der Waals surface area contributed by atoms with Crippen LogP contribution in [0.4, 0.5) is 5.13 Å². The fourth-order valence-corrected chi connectivity index (χ4v) is 2.98. The Bertz CT molecular complexity index is 515. The Labute approximate surface area is 102 Å². The van der Waals surface area contributed by atoms with Crippen LogP contribution in [-0.4, -0.2) is 45.2 Å². The molecule has 1 saturated heterocycles. The van der Waals surface area contributed by atoms with E-state index >= 15 is 0 Å². The maximum atomic E-state index is 9.66. The lowest BCUT2D eigenvalue weighted by Gasteiger charge is -2.12. The molecule has 2 aromatic heterocycles. The van der Waals surface area contributed by atoms with Crippen LogP contribution in [0.5, 0.6) is 0 Å². The summed E-state index contributed by atoms with van der Waals surface area (Å²) in [6.45, 7) is 2.88. The maximum Gasteiger partial charge on any atom is 0.185 e. The second kappa shape index (κ2) is 3.94. The Balaban J connectivity index is 1.88. The monoisotopic (exact) mass is 254 g/mol. The summed E-state index contributed by atoms with van der Waals surface area (Å²) in [7, 11) is 1.88. The number of rotatable bonds is 2. The molecule has 2 aromatic rings. The van der Waals surface area contributed by atoms with Crippen LogP contribution in [0.15, 0.2) is 0 Å². The van der Waals surface area contributed by atoms with Crippen molar-refractivity contribution in [3.8, 4) is 0 Å². The molecule has 92 valence electrons. The molecule has 3 heterocycles. The molecule has 0 bridgehead atoms. The summed E-state index contributed by atoms with van der Waals surface area (Å²) in [5, 5.41) is 18.0. The number of ether oxygens (including phenoxy) is 1. The van der Waals surface area contributed by atoms with Crippen LogP contribution in [-0.2, 0) is 11.8 Å². The second-order valence-electron chi connectivity index (χ2n) is 4.24. The van der Waals surface area contributed by atoms with Crippen molar-refractivity contribution in [2.75, 3.05) is 18.5 Å². The first-order valence-electron chi connectivity index (χ1n) is 5.47. The van der Waals surface area contributed by atoms with Crippen molar-refractivity contribution in [3.63, 3.8) is 0 Å². The molecular formula is C10H14N4O2S. The Morgan fingerprint density at radius 1 is 1.53 bits per heavy atom. The Kier molecular flexibility index (Phi) is 2.53.